The van der Waals surface area contributed by atoms with Crippen molar-refractivity contribution in [2.45, 2.75) is 40.7 Å². The maximum Gasteiger partial charge on any atom is 0.251 e. The lowest BCUT2D eigenvalue weighted by molar-refractivity contribution is 0.0155. The van der Waals surface area contributed by atoms with Gasteiger partial charge >= 0.3 is 0 Å². The van der Waals surface area contributed by atoms with Gasteiger partial charge in [0.05, 0.1) is 39.6 Å². The summed E-state index contributed by atoms with van der Waals surface area (Å²) < 4.78 is 16.4. The average molecular weight is 419 g/mol. The van der Waals surface area contributed by atoms with Gasteiger partial charge in [0.2, 0.25) is 0 Å². The zero-order chi connectivity index (χ0) is 22.2. The molecule has 0 aliphatic carbocycles. The molecule has 0 saturated carbocycles. The highest BCUT2D eigenvalue weighted by atomic mass is 16.5. The summed E-state index contributed by atoms with van der Waals surface area (Å²) in [6.07, 6.45) is 0. The Bertz CT molecular complexity index is 655. The summed E-state index contributed by atoms with van der Waals surface area (Å²) in [5, 5.41) is 6.13. The number of carbonyl (C=O) groups is 1. The molecular weight excluding hydrogens is 380 g/mol. The molecule has 6 heteroatoms. The zero-order valence-electron chi connectivity index (χ0n) is 19.2. The maximum absolute atomic E-state index is 12.1. The Balaban J connectivity index is 2.04. The molecule has 0 fully saturated rings. The van der Waals surface area contributed by atoms with E-state index in [4.69, 9.17) is 14.2 Å². The molecule has 0 spiro atoms. The first kappa shape index (κ1) is 26.1. The number of carbonyl (C=O) groups excluding carboxylic acids is 1. The summed E-state index contributed by atoms with van der Waals surface area (Å²) in [6.45, 7) is 15.0. The first-order chi connectivity index (χ1) is 14.3. The number of nitrogens with one attached hydrogen (secondary N) is 2. The first-order valence-corrected chi connectivity index (χ1v) is 10.7. The molecule has 0 aromatic heterocycles. The third-order valence-electron chi connectivity index (χ3n) is 3.80. The van der Waals surface area contributed by atoms with Gasteiger partial charge in [-0.1, -0.05) is 25.7 Å². The van der Waals surface area contributed by atoms with Crippen LogP contribution < -0.4 is 10.6 Å². The largest absolute Gasteiger partial charge is 0.378 e. The highest BCUT2D eigenvalue weighted by Crippen LogP contribution is 2.11. The number of amides is 1. The van der Waals surface area contributed by atoms with E-state index in [2.05, 4.69) is 57.1 Å². The van der Waals surface area contributed by atoms with Crippen LogP contribution >= 0.6 is 0 Å². The van der Waals surface area contributed by atoms with Crippen LogP contribution in [0.4, 0.5) is 0 Å². The second-order valence-electron chi connectivity index (χ2n) is 8.28. The summed E-state index contributed by atoms with van der Waals surface area (Å²) >= 11 is 0. The molecule has 0 saturated heterocycles. The molecule has 168 valence electrons. The molecule has 1 rings (SSSR count). The van der Waals surface area contributed by atoms with E-state index >= 15 is 0 Å². The fourth-order valence-electron chi connectivity index (χ4n) is 2.27. The smallest absolute Gasteiger partial charge is 0.251 e. The molecule has 1 amide bonds. The molecule has 0 radical (unpaired) electrons. The van der Waals surface area contributed by atoms with E-state index in [0.29, 0.717) is 57.8 Å². The van der Waals surface area contributed by atoms with Gasteiger partial charge < -0.3 is 24.8 Å². The van der Waals surface area contributed by atoms with Gasteiger partial charge in [0, 0.05) is 35.7 Å². The Morgan fingerprint density at radius 3 is 1.97 bits per heavy atom. The van der Waals surface area contributed by atoms with Crippen molar-refractivity contribution in [3.05, 3.63) is 35.4 Å². The van der Waals surface area contributed by atoms with Crippen molar-refractivity contribution >= 4 is 5.91 Å². The molecule has 1 aromatic rings. The predicted octanol–water partition coefficient (Wildman–Crippen LogP) is 2.86. The van der Waals surface area contributed by atoms with E-state index in [1.54, 1.807) is 12.1 Å². The van der Waals surface area contributed by atoms with Crippen molar-refractivity contribution in [1.29, 1.82) is 0 Å². The van der Waals surface area contributed by atoms with Gasteiger partial charge in [-0.3, -0.25) is 4.79 Å². The Morgan fingerprint density at radius 2 is 1.43 bits per heavy atom. The second kappa shape index (κ2) is 15.0. The molecule has 0 aliphatic rings. The average Bonchev–Trinajstić information content (AvgIpc) is 2.69. The molecular formula is C24H38N2O4. The highest BCUT2D eigenvalue weighted by Gasteiger charge is 2.05. The number of benzene rings is 1. The van der Waals surface area contributed by atoms with Gasteiger partial charge in [-0.05, 0) is 45.0 Å². The van der Waals surface area contributed by atoms with Gasteiger partial charge in [0.15, 0.2) is 0 Å². The van der Waals surface area contributed by atoms with Crippen LogP contribution in [0.5, 0.6) is 0 Å². The predicted molar refractivity (Wildman–Crippen MR) is 121 cm³/mol. The van der Waals surface area contributed by atoms with Gasteiger partial charge in [-0.2, -0.15) is 0 Å². The van der Waals surface area contributed by atoms with E-state index in [1.165, 1.54) is 0 Å². The minimum absolute atomic E-state index is 0.0419. The Morgan fingerprint density at radius 1 is 0.900 bits per heavy atom. The standard InChI is InChI=1S/C24H38N2O4/c1-20(2)25-12-14-28-16-18-30-19-17-29-15-13-26-23(27)22-8-6-21(7-9-22)10-11-24(3,4)5/h6-9,20,25H,12-19H2,1-5H3,(H,26,27). The maximum atomic E-state index is 12.1. The summed E-state index contributed by atoms with van der Waals surface area (Å²) in [7, 11) is 0. The van der Waals surface area contributed by atoms with Crippen molar-refractivity contribution in [2.24, 2.45) is 5.41 Å². The lowest BCUT2D eigenvalue weighted by atomic mass is 9.97. The number of rotatable bonds is 14. The van der Waals surface area contributed by atoms with Crippen LogP contribution in [0.1, 0.15) is 50.5 Å². The molecule has 0 bridgehead atoms. The number of ether oxygens (including phenoxy) is 3. The van der Waals surface area contributed by atoms with Crippen LogP contribution in [0, 0.1) is 17.3 Å². The van der Waals surface area contributed by atoms with Gasteiger partial charge in [-0.25, -0.2) is 0 Å². The fraction of sp³-hybridized carbons (Fsp3) is 0.625. The Hall–Kier alpha value is -1.91. The van der Waals surface area contributed by atoms with Crippen molar-refractivity contribution in [1.82, 2.24) is 10.6 Å². The van der Waals surface area contributed by atoms with Crippen LogP contribution in [0.2, 0.25) is 0 Å². The van der Waals surface area contributed by atoms with Gasteiger partial charge in [-0.15, -0.1) is 0 Å². The van der Waals surface area contributed by atoms with E-state index in [1.807, 2.05) is 12.1 Å². The minimum Gasteiger partial charge on any atom is -0.378 e. The monoisotopic (exact) mass is 418 g/mol. The second-order valence-corrected chi connectivity index (χ2v) is 8.28. The van der Waals surface area contributed by atoms with Crippen LogP contribution in [0.15, 0.2) is 24.3 Å². The molecule has 0 heterocycles. The molecule has 1 aromatic carbocycles. The molecule has 30 heavy (non-hydrogen) atoms. The molecule has 0 unspecified atom stereocenters. The van der Waals surface area contributed by atoms with Crippen LogP contribution in [0.25, 0.3) is 0 Å². The fourth-order valence-corrected chi connectivity index (χ4v) is 2.27. The quantitative estimate of drug-likeness (QED) is 0.359. The van der Waals surface area contributed by atoms with Crippen LogP contribution in [0.3, 0.4) is 0 Å². The molecule has 6 nitrogen and oxygen atoms in total. The summed E-state index contributed by atoms with van der Waals surface area (Å²) in [5.41, 5.74) is 1.48. The molecule has 2 N–H and O–H groups in total. The van der Waals surface area contributed by atoms with Crippen LogP contribution in [-0.4, -0.2) is 64.7 Å². The Labute approximate surface area is 182 Å². The van der Waals surface area contributed by atoms with E-state index in [-0.39, 0.29) is 11.3 Å². The molecule has 0 aliphatic heterocycles. The van der Waals surface area contributed by atoms with Crippen LogP contribution in [-0.2, 0) is 14.2 Å². The normalized spacial score (nSPS) is 11.3. The third kappa shape index (κ3) is 14.1. The van der Waals surface area contributed by atoms with Crippen molar-refractivity contribution in [3.63, 3.8) is 0 Å². The summed E-state index contributed by atoms with van der Waals surface area (Å²) in [6, 6.07) is 7.79. The lowest BCUT2D eigenvalue weighted by Crippen LogP contribution is -2.27. The van der Waals surface area contributed by atoms with Gasteiger partial charge in [0.25, 0.3) is 5.91 Å². The highest BCUT2D eigenvalue weighted by molar-refractivity contribution is 5.94. The number of hydrogen-bond acceptors (Lipinski definition) is 5. The summed E-state index contributed by atoms with van der Waals surface area (Å²) in [5.74, 6) is 6.19. The first-order valence-electron chi connectivity index (χ1n) is 10.7. The van der Waals surface area contributed by atoms with E-state index in [0.717, 1.165) is 12.1 Å². The van der Waals surface area contributed by atoms with E-state index in [9.17, 15) is 4.79 Å². The summed E-state index contributed by atoms with van der Waals surface area (Å²) in [4.78, 5) is 12.1. The lowest BCUT2D eigenvalue weighted by Gasteiger charge is -2.09. The minimum atomic E-state index is -0.116. The zero-order valence-corrected chi connectivity index (χ0v) is 19.2. The van der Waals surface area contributed by atoms with E-state index < -0.39 is 0 Å². The van der Waals surface area contributed by atoms with Crippen molar-refractivity contribution < 1.29 is 19.0 Å². The Kier molecular flexibility index (Phi) is 13.0. The topological polar surface area (TPSA) is 68.8 Å². The SMILES string of the molecule is CC(C)NCCOCCOCCOCCNC(=O)c1ccc(C#CC(C)(C)C)cc1. The molecule has 0 atom stereocenters. The van der Waals surface area contributed by atoms with Crippen molar-refractivity contribution in [2.75, 3.05) is 52.7 Å². The number of hydrogen-bond donors (Lipinski definition) is 2. The van der Waals surface area contributed by atoms with Gasteiger partial charge in [0.1, 0.15) is 0 Å². The van der Waals surface area contributed by atoms with Crippen molar-refractivity contribution in [3.8, 4) is 11.8 Å². The third-order valence-corrected chi connectivity index (χ3v) is 3.80.